The fourth-order valence-corrected chi connectivity index (χ4v) is 2.07. The molecule has 3 rings (SSSR count). The number of aromatic nitrogens is 4. The molecule has 6 nitrogen and oxygen atoms in total. The van der Waals surface area contributed by atoms with Crippen molar-refractivity contribution in [3.05, 3.63) is 46.4 Å². The van der Waals surface area contributed by atoms with E-state index < -0.39 is 6.61 Å². The van der Waals surface area contributed by atoms with E-state index in [1.54, 1.807) is 23.5 Å². The number of nitrogens with one attached hydrogen (secondary N) is 1. The topological polar surface area (TPSA) is 72.3 Å². The average Bonchev–Trinajstić information content (AvgIpc) is 2.83. The molecule has 0 saturated heterocycles. The van der Waals surface area contributed by atoms with Gasteiger partial charge in [0.25, 0.3) is 5.56 Å². The number of ether oxygens (including phenoxy) is 1. The van der Waals surface area contributed by atoms with Gasteiger partial charge in [-0.2, -0.15) is 8.78 Å². The summed E-state index contributed by atoms with van der Waals surface area (Å²) in [6.45, 7) is -1.11. The number of fused-ring (bicyclic) bond motifs is 1. The van der Waals surface area contributed by atoms with Crippen molar-refractivity contribution < 1.29 is 13.5 Å². The normalized spacial score (nSPS) is 11.2. The summed E-state index contributed by atoms with van der Waals surface area (Å²) in [6, 6.07) is 7.46. The lowest BCUT2D eigenvalue weighted by molar-refractivity contribution is -0.0498. The van der Waals surface area contributed by atoms with E-state index in [0.29, 0.717) is 22.9 Å². The van der Waals surface area contributed by atoms with Crippen molar-refractivity contribution in [1.29, 1.82) is 0 Å². The van der Waals surface area contributed by atoms with Crippen molar-refractivity contribution in [1.82, 2.24) is 19.6 Å². The quantitative estimate of drug-likeness (QED) is 0.801. The molecule has 0 radical (unpaired) electrons. The number of aryl methyl sites for hydroxylation is 1. The van der Waals surface area contributed by atoms with Gasteiger partial charge in [0.1, 0.15) is 5.75 Å². The van der Waals surface area contributed by atoms with E-state index >= 15 is 0 Å². The Hall–Kier alpha value is -2.77. The summed E-state index contributed by atoms with van der Waals surface area (Å²) in [5.74, 6) is 0.887. The molecule has 3 aromatic rings. The molecule has 0 spiro atoms. The second-order valence-electron chi connectivity index (χ2n) is 4.36. The van der Waals surface area contributed by atoms with Crippen LogP contribution in [0, 0.1) is 6.92 Å². The van der Waals surface area contributed by atoms with Crippen LogP contribution >= 0.6 is 0 Å². The molecule has 0 unspecified atom stereocenters. The summed E-state index contributed by atoms with van der Waals surface area (Å²) in [4.78, 5) is 13.9. The summed E-state index contributed by atoms with van der Waals surface area (Å²) < 4.78 is 30.2. The SMILES string of the molecule is Cc1cc(=O)[nH]c2nnc(-c3ccc(OC(F)F)cc3)n12. The summed E-state index contributed by atoms with van der Waals surface area (Å²) >= 11 is 0. The number of H-pyrrole nitrogens is 1. The Morgan fingerprint density at radius 2 is 1.95 bits per heavy atom. The zero-order chi connectivity index (χ0) is 15.0. The van der Waals surface area contributed by atoms with E-state index in [0.717, 1.165) is 0 Å². The maximum absolute atomic E-state index is 12.1. The molecule has 0 saturated carbocycles. The highest BCUT2D eigenvalue weighted by atomic mass is 19.3. The van der Waals surface area contributed by atoms with Crippen molar-refractivity contribution in [3.63, 3.8) is 0 Å². The van der Waals surface area contributed by atoms with Crippen LogP contribution < -0.4 is 10.3 Å². The molecule has 1 N–H and O–H groups in total. The van der Waals surface area contributed by atoms with Gasteiger partial charge in [0.15, 0.2) is 5.82 Å². The van der Waals surface area contributed by atoms with Crippen LogP contribution in [0.2, 0.25) is 0 Å². The zero-order valence-corrected chi connectivity index (χ0v) is 10.9. The predicted octanol–water partition coefficient (Wildman–Crippen LogP) is 1.99. The van der Waals surface area contributed by atoms with E-state index in [4.69, 9.17) is 0 Å². The molecule has 108 valence electrons. The van der Waals surface area contributed by atoms with Crippen LogP contribution in [0.5, 0.6) is 5.75 Å². The molecule has 2 aromatic heterocycles. The maximum Gasteiger partial charge on any atom is 0.387 e. The Morgan fingerprint density at radius 1 is 1.24 bits per heavy atom. The summed E-state index contributed by atoms with van der Waals surface area (Å²) in [5.41, 5.74) is 1.07. The van der Waals surface area contributed by atoms with Crippen molar-refractivity contribution in [2.75, 3.05) is 0 Å². The Balaban J connectivity index is 2.06. The third-order valence-corrected chi connectivity index (χ3v) is 2.93. The first-order chi connectivity index (χ1) is 10.0. The van der Waals surface area contributed by atoms with Crippen molar-refractivity contribution in [3.8, 4) is 17.1 Å². The second-order valence-corrected chi connectivity index (χ2v) is 4.36. The van der Waals surface area contributed by atoms with Crippen LogP contribution in [0.15, 0.2) is 35.1 Å². The maximum atomic E-state index is 12.1. The van der Waals surface area contributed by atoms with Gasteiger partial charge < -0.3 is 4.74 Å². The van der Waals surface area contributed by atoms with E-state index in [2.05, 4.69) is 19.9 Å². The monoisotopic (exact) mass is 292 g/mol. The van der Waals surface area contributed by atoms with E-state index in [9.17, 15) is 13.6 Å². The number of benzene rings is 1. The molecule has 21 heavy (non-hydrogen) atoms. The van der Waals surface area contributed by atoms with Gasteiger partial charge in [0.2, 0.25) is 5.78 Å². The van der Waals surface area contributed by atoms with E-state index in [-0.39, 0.29) is 11.3 Å². The molecule has 0 fully saturated rings. The first-order valence-corrected chi connectivity index (χ1v) is 6.05. The van der Waals surface area contributed by atoms with Crippen LogP contribution in [-0.2, 0) is 0 Å². The number of nitrogens with zero attached hydrogens (tertiary/aromatic N) is 3. The van der Waals surface area contributed by atoms with Gasteiger partial charge >= 0.3 is 6.61 Å². The van der Waals surface area contributed by atoms with Crippen molar-refractivity contribution in [2.24, 2.45) is 0 Å². The minimum absolute atomic E-state index is 0.0627. The van der Waals surface area contributed by atoms with Gasteiger partial charge in [-0.3, -0.25) is 14.2 Å². The molecule has 0 atom stereocenters. The molecule has 0 aliphatic heterocycles. The first kappa shape index (κ1) is 13.2. The fraction of sp³-hybridized carbons (Fsp3) is 0.154. The predicted molar refractivity (Wildman–Crippen MR) is 70.4 cm³/mol. The number of hydrogen-bond acceptors (Lipinski definition) is 4. The summed E-state index contributed by atoms with van der Waals surface area (Å²) in [5, 5.41) is 7.91. The van der Waals surface area contributed by atoms with Gasteiger partial charge in [-0.1, -0.05) is 0 Å². The lowest BCUT2D eigenvalue weighted by Gasteiger charge is -2.06. The van der Waals surface area contributed by atoms with Crippen LogP contribution in [0.1, 0.15) is 5.69 Å². The highest BCUT2D eigenvalue weighted by Crippen LogP contribution is 2.22. The molecule has 8 heteroatoms. The smallest absolute Gasteiger partial charge is 0.387 e. The average molecular weight is 292 g/mol. The third kappa shape index (κ3) is 2.47. The van der Waals surface area contributed by atoms with Crippen LogP contribution in [0.25, 0.3) is 17.2 Å². The number of rotatable bonds is 3. The number of alkyl halides is 2. The second kappa shape index (κ2) is 4.97. The van der Waals surface area contributed by atoms with Crippen molar-refractivity contribution >= 4 is 5.78 Å². The number of hydrogen-bond donors (Lipinski definition) is 1. The Bertz CT molecular complexity index is 839. The first-order valence-electron chi connectivity index (χ1n) is 6.05. The molecule has 0 bridgehead atoms. The van der Waals surface area contributed by atoms with Gasteiger partial charge in [-0.05, 0) is 31.2 Å². The third-order valence-electron chi connectivity index (χ3n) is 2.93. The van der Waals surface area contributed by atoms with Gasteiger partial charge in [0.05, 0.1) is 0 Å². The molecular weight excluding hydrogens is 282 g/mol. The Kier molecular flexibility index (Phi) is 3.13. The Morgan fingerprint density at radius 3 is 2.62 bits per heavy atom. The fourth-order valence-electron chi connectivity index (χ4n) is 2.07. The molecule has 1 aromatic carbocycles. The Labute approximate surface area is 117 Å². The highest BCUT2D eigenvalue weighted by Gasteiger charge is 2.11. The van der Waals surface area contributed by atoms with Crippen LogP contribution in [0.4, 0.5) is 8.78 Å². The van der Waals surface area contributed by atoms with Gasteiger partial charge in [-0.25, -0.2) is 0 Å². The molecule has 0 amide bonds. The lowest BCUT2D eigenvalue weighted by Crippen LogP contribution is -2.09. The summed E-state index contributed by atoms with van der Waals surface area (Å²) in [7, 11) is 0. The number of halogens is 2. The highest BCUT2D eigenvalue weighted by molar-refractivity contribution is 5.59. The van der Waals surface area contributed by atoms with Gasteiger partial charge in [-0.15, -0.1) is 10.2 Å². The van der Waals surface area contributed by atoms with Crippen LogP contribution in [0.3, 0.4) is 0 Å². The molecule has 0 aliphatic carbocycles. The van der Waals surface area contributed by atoms with Gasteiger partial charge in [0, 0.05) is 17.3 Å². The molecule has 2 heterocycles. The molecular formula is C13H10F2N4O2. The van der Waals surface area contributed by atoms with Crippen molar-refractivity contribution in [2.45, 2.75) is 13.5 Å². The zero-order valence-electron chi connectivity index (χ0n) is 10.9. The van der Waals surface area contributed by atoms with E-state index in [1.807, 2.05) is 0 Å². The van der Waals surface area contributed by atoms with Crippen LogP contribution in [-0.4, -0.2) is 26.2 Å². The largest absolute Gasteiger partial charge is 0.435 e. The summed E-state index contributed by atoms with van der Waals surface area (Å²) in [6.07, 6.45) is 0. The lowest BCUT2D eigenvalue weighted by atomic mass is 10.2. The minimum Gasteiger partial charge on any atom is -0.435 e. The minimum atomic E-state index is -2.86. The number of aromatic amines is 1. The standard InChI is InChI=1S/C13H10F2N4O2/c1-7-6-10(20)16-13-18-17-11(19(7)13)8-2-4-9(5-3-8)21-12(14)15/h2-6,12H,1H3,(H,16,18,20). The molecule has 0 aliphatic rings. The van der Waals surface area contributed by atoms with E-state index in [1.165, 1.54) is 18.2 Å².